The van der Waals surface area contributed by atoms with Crippen molar-refractivity contribution in [1.29, 1.82) is 0 Å². The van der Waals surface area contributed by atoms with Crippen LogP contribution in [0.25, 0.3) is 0 Å². The molecule has 1 aliphatic rings. The molecule has 1 aliphatic carbocycles. The summed E-state index contributed by atoms with van der Waals surface area (Å²) in [5, 5.41) is 3.80. The molecule has 0 aromatic carbocycles. The molecule has 0 radical (unpaired) electrons. The molecule has 1 nitrogen and oxygen atoms in total. The Balaban J connectivity index is 2.42. The molecule has 1 saturated carbocycles. The van der Waals surface area contributed by atoms with Crippen LogP contribution in [-0.2, 0) is 0 Å². The SMILES string of the molecule is CCCNC(CSCC)C1CCCC(CC)C1. The van der Waals surface area contributed by atoms with E-state index >= 15 is 0 Å². The van der Waals surface area contributed by atoms with Gasteiger partial charge in [0.2, 0.25) is 0 Å². The van der Waals surface area contributed by atoms with Crippen molar-refractivity contribution in [3.05, 3.63) is 0 Å². The Morgan fingerprint density at radius 1 is 1.24 bits per heavy atom. The van der Waals surface area contributed by atoms with E-state index in [4.69, 9.17) is 0 Å². The van der Waals surface area contributed by atoms with E-state index in [9.17, 15) is 0 Å². The third-order valence-corrected chi connectivity index (χ3v) is 5.13. The minimum absolute atomic E-state index is 0.772. The number of hydrogen-bond donors (Lipinski definition) is 1. The first-order valence-corrected chi connectivity index (χ1v) is 8.78. The van der Waals surface area contributed by atoms with E-state index in [2.05, 4.69) is 37.8 Å². The standard InChI is InChI=1S/C15H31NS/c1-4-10-16-15(12-17-6-3)14-9-7-8-13(5-2)11-14/h13-16H,4-12H2,1-3H3. The third-order valence-electron chi connectivity index (χ3n) is 4.13. The van der Waals surface area contributed by atoms with Crippen LogP contribution in [0.3, 0.4) is 0 Å². The normalized spacial score (nSPS) is 27.0. The van der Waals surface area contributed by atoms with Crippen molar-refractivity contribution in [2.75, 3.05) is 18.1 Å². The van der Waals surface area contributed by atoms with Crippen molar-refractivity contribution in [3.8, 4) is 0 Å². The highest BCUT2D eigenvalue weighted by Crippen LogP contribution is 2.33. The molecule has 0 aromatic rings. The first-order chi connectivity index (χ1) is 8.31. The fraction of sp³-hybridized carbons (Fsp3) is 1.00. The Bertz CT molecular complexity index is 176. The average Bonchev–Trinajstić information content (AvgIpc) is 2.39. The van der Waals surface area contributed by atoms with Crippen LogP contribution in [-0.4, -0.2) is 24.1 Å². The van der Waals surface area contributed by atoms with Crippen LogP contribution in [0.15, 0.2) is 0 Å². The average molecular weight is 257 g/mol. The van der Waals surface area contributed by atoms with Crippen molar-refractivity contribution in [3.63, 3.8) is 0 Å². The molecule has 0 amide bonds. The van der Waals surface area contributed by atoms with Crippen molar-refractivity contribution >= 4 is 11.8 Å². The molecule has 0 spiro atoms. The van der Waals surface area contributed by atoms with E-state index in [0.717, 1.165) is 17.9 Å². The molecule has 0 aliphatic heterocycles. The summed E-state index contributed by atoms with van der Waals surface area (Å²) in [6.07, 6.45) is 8.53. The van der Waals surface area contributed by atoms with E-state index in [0.29, 0.717) is 0 Å². The Hall–Kier alpha value is 0.310. The molecule has 0 saturated heterocycles. The van der Waals surface area contributed by atoms with Crippen LogP contribution < -0.4 is 5.32 Å². The second-order valence-corrected chi connectivity index (χ2v) is 6.74. The number of nitrogens with one attached hydrogen (secondary N) is 1. The minimum Gasteiger partial charge on any atom is -0.313 e. The second-order valence-electron chi connectivity index (χ2n) is 5.42. The fourth-order valence-corrected chi connectivity index (χ4v) is 3.88. The van der Waals surface area contributed by atoms with Crippen molar-refractivity contribution in [1.82, 2.24) is 5.32 Å². The molecule has 2 heteroatoms. The quantitative estimate of drug-likeness (QED) is 0.695. The van der Waals surface area contributed by atoms with Gasteiger partial charge >= 0.3 is 0 Å². The van der Waals surface area contributed by atoms with Crippen LogP contribution in [0, 0.1) is 11.8 Å². The zero-order chi connectivity index (χ0) is 12.5. The van der Waals surface area contributed by atoms with Gasteiger partial charge in [0.1, 0.15) is 0 Å². The molecule has 1 rings (SSSR count). The third kappa shape index (κ3) is 5.65. The van der Waals surface area contributed by atoms with E-state index in [1.165, 1.54) is 56.6 Å². The predicted molar refractivity (Wildman–Crippen MR) is 80.8 cm³/mol. The van der Waals surface area contributed by atoms with Gasteiger partial charge in [-0.25, -0.2) is 0 Å². The fourth-order valence-electron chi connectivity index (χ4n) is 3.01. The maximum atomic E-state index is 3.80. The van der Waals surface area contributed by atoms with E-state index in [-0.39, 0.29) is 0 Å². The summed E-state index contributed by atoms with van der Waals surface area (Å²) in [6, 6.07) is 0.772. The van der Waals surface area contributed by atoms with Crippen molar-refractivity contribution in [2.24, 2.45) is 11.8 Å². The van der Waals surface area contributed by atoms with Crippen LogP contribution in [0.1, 0.15) is 59.3 Å². The number of rotatable bonds is 8. The molecule has 102 valence electrons. The molecule has 3 unspecified atom stereocenters. The van der Waals surface area contributed by atoms with Crippen LogP contribution in [0.2, 0.25) is 0 Å². The van der Waals surface area contributed by atoms with Gasteiger partial charge in [-0.1, -0.05) is 40.0 Å². The Kier molecular flexibility index (Phi) is 8.38. The Morgan fingerprint density at radius 2 is 2.06 bits per heavy atom. The van der Waals surface area contributed by atoms with E-state index in [1.807, 2.05) is 0 Å². The van der Waals surface area contributed by atoms with Gasteiger partial charge in [0.15, 0.2) is 0 Å². The Morgan fingerprint density at radius 3 is 2.71 bits per heavy atom. The largest absolute Gasteiger partial charge is 0.313 e. The van der Waals surface area contributed by atoms with Gasteiger partial charge in [0, 0.05) is 11.8 Å². The van der Waals surface area contributed by atoms with Gasteiger partial charge in [-0.2, -0.15) is 11.8 Å². The first-order valence-electron chi connectivity index (χ1n) is 7.62. The molecular formula is C15H31NS. The molecule has 1 N–H and O–H groups in total. The van der Waals surface area contributed by atoms with Crippen LogP contribution in [0.4, 0.5) is 0 Å². The van der Waals surface area contributed by atoms with Crippen LogP contribution >= 0.6 is 11.8 Å². The minimum atomic E-state index is 0.772. The van der Waals surface area contributed by atoms with Crippen LogP contribution in [0.5, 0.6) is 0 Å². The summed E-state index contributed by atoms with van der Waals surface area (Å²) in [6.45, 7) is 8.11. The lowest BCUT2D eigenvalue weighted by molar-refractivity contribution is 0.219. The van der Waals surface area contributed by atoms with Gasteiger partial charge in [-0.15, -0.1) is 0 Å². The van der Waals surface area contributed by atoms with Gasteiger partial charge in [-0.3, -0.25) is 0 Å². The van der Waals surface area contributed by atoms with Gasteiger partial charge < -0.3 is 5.32 Å². The van der Waals surface area contributed by atoms with Gasteiger partial charge in [0.25, 0.3) is 0 Å². The maximum Gasteiger partial charge on any atom is 0.0186 e. The lowest BCUT2D eigenvalue weighted by Gasteiger charge is -2.34. The van der Waals surface area contributed by atoms with E-state index in [1.54, 1.807) is 0 Å². The summed E-state index contributed by atoms with van der Waals surface area (Å²) in [4.78, 5) is 0. The first kappa shape index (κ1) is 15.4. The molecule has 3 atom stereocenters. The summed E-state index contributed by atoms with van der Waals surface area (Å²) in [7, 11) is 0. The molecule has 17 heavy (non-hydrogen) atoms. The molecule has 1 fully saturated rings. The van der Waals surface area contributed by atoms with Crippen molar-refractivity contribution < 1.29 is 0 Å². The molecule has 0 bridgehead atoms. The monoisotopic (exact) mass is 257 g/mol. The summed E-state index contributed by atoms with van der Waals surface area (Å²) in [5.41, 5.74) is 0. The van der Waals surface area contributed by atoms with Crippen molar-refractivity contribution in [2.45, 2.75) is 65.3 Å². The highest BCUT2D eigenvalue weighted by molar-refractivity contribution is 7.99. The highest BCUT2D eigenvalue weighted by Gasteiger charge is 2.27. The number of hydrogen-bond acceptors (Lipinski definition) is 2. The maximum absolute atomic E-state index is 3.80. The smallest absolute Gasteiger partial charge is 0.0186 e. The molecule has 0 heterocycles. The molecular weight excluding hydrogens is 226 g/mol. The van der Waals surface area contributed by atoms with Gasteiger partial charge in [-0.05, 0) is 43.4 Å². The lowest BCUT2D eigenvalue weighted by atomic mass is 9.77. The summed E-state index contributed by atoms with van der Waals surface area (Å²) in [5.74, 6) is 4.52. The zero-order valence-electron chi connectivity index (χ0n) is 12.0. The summed E-state index contributed by atoms with van der Waals surface area (Å²) < 4.78 is 0. The summed E-state index contributed by atoms with van der Waals surface area (Å²) >= 11 is 2.11. The lowest BCUT2D eigenvalue weighted by Crippen LogP contribution is -2.41. The van der Waals surface area contributed by atoms with E-state index < -0.39 is 0 Å². The molecule has 0 aromatic heterocycles. The highest BCUT2D eigenvalue weighted by atomic mass is 32.2. The Labute approximate surface area is 113 Å². The predicted octanol–water partition coefficient (Wildman–Crippen LogP) is 4.32. The number of thioether (sulfide) groups is 1. The topological polar surface area (TPSA) is 12.0 Å². The zero-order valence-corrected chi connectivity index (χ0v) is 12.8. The second kappa shape index (κ2) is 9.27. The van der Waals surface area contributed by atoms with Gasteiger partial charge in [0.05, 0.1) is 0 Å².